The molecule has 0 saturated heterocycles. The van der Waals surface area contributed by atoms with Crippen molar-refractivity contribution in [2.75, 3.05) is 7.05 Å². The van der Waals surface area contributed by atoms with Gasteiger partial charge in [0, 0.05) is 11.6 Å². The van der Waals surface area contributed by atoms with Crippen LogP contribution < -0.4 is 5.32 Å². The first-order chi connectivity index (χ1) is 8.12. The zero-order valence-electron chi connectivity index (χ0n) is 10.5. The molecule has 1 atom stereocenters. The summed E-state index contributed by atoms with van der Waals surface area (Å²) in [4.78, 5) is 0. The van der Waals surface area contributed by atoms with E-state index in [4.69, 9.17) is 0 Å². The van der Waals surface area contributed by atoms with Crippen LogP contribution in [0.5, 0.6) is 0 Å². The Morgan fingerprint density at radius 3 is 1.39 bits per heavy atom. The van der Waals surface area contributed by atoms with E-state index in [2.05, 4.69) is 5.32 Å². The number of nitrogens with one attached hydrogen (secondary N) is 1. The second-order valence-corrected chi connectivity index (χ2v) is 5.07. The molecule has 1 N–H and O–H groups in total. The summed E-state index contributed by atoms with van der Waals surface area (Å²) in [5.41, 5.74) is -1.55. The van der Waals surface area contributed by atoms with Crippen LogP contribution >= 0.6 is 0 Å². The highest BCUT2D eigenvalue weighted by Gasteiger charge is 2.35. The zero-order valence-corrected chi connectivity index (χ0v) is 10.5. The first-order valence-electron chi connectivity index (χ1n) is 5.31. The summed E-state index contributed by atoms with van der Waals surface area (Å²) in [6.45, 7) is 4.89. The van der Waals surface area contributed by atoms with Gasteiger partial charge in [-0.25, -0.2) is 22.0 Å². The molecule has 0 saturated carbocycles. The fourth-order valence-electron chi connectivity index (χ4n) is 1.89. The van der Waals surface area contributed by atoms with Crippen LogP contribution in [0.4, 0.5) is 22.0 Å². The number of benzene rings is 1. The van der Waals surface area contributed by atoms with Gasteiger partial charge in [-0.05, 0) is 12.5 Å². The highest BCUT2D eigenvalue weighted by Crippen LogP contribution is 2.37. The van der Waals surface area contributed by atoms with Crippen LogP contribution in [0.1, 0.15) is 32.4 Å². The Morgan fingerprint density at radius 1 is 0.778 bits per heavy atom. The van der Waals surface area contributed by atoms with Crippen molar-refractivity contribution in [1.29, 1.82) is 0 Å². The highest BCUT2D eigenvalue weighted by molar-refractivity contribution is 5.28. The molecule has 0 aliphatic rings. The van der Waals surface area contributed by atoms with Crippen LogP contribution in [0.3, 0.4) is 0 Å². The van der Waals surface area contributed by atoms with E-state index in [0.717, 1.165) is 0 Å². The van der Waals surface area contributed by atoms with Gasteiger partial charge < -0.3 is 5.32 Å². The van der Waals surface area contributed by atoms with Gasteiger partial charge in [-0.2, -0.15) is 0 Å². The number of halogens is 5. The predicted molar refractivity (Wildman–Crippen MR) is 57.5 cm³/mol. The lowest BCUT2D eigenvalue weighted by atomic mass is 9.82. The molecule has 0 aliphatic heterocycles. The largest absolute Gasteiger partial charge is 0.312 e. The Balaban J connectivity index is 3.59. The van der Waals surface area contributed by atoms with Gasteiger partial charge in [-0.3, -0.25) is 0 Å². The Hall–Kier alpha value is -1.17. The van der Waals surface area contributed by atoms with Gasteiger partial charge in [-0.15, -0.1) is 0 Å². The van der Waals surface area contributed by atoms with Gasteiger partial charge in [-0.1, -0.05) is 20.8 Å². The molecule has 0 aliphatic carbocycles. The topological polar surface area (TPSA) is 12.0 Å². The molecule has 0 fully saturated rings. The molecule has 0 radical (unpaired) electrons. The molecule has 102 valence electrons. The minimum Gasteiger partial charge on any atom is -0.312 e. The zero-order chi connectivity index (χ0) is 14.2. The second-order valence-electron chi connectivity index (χ2n) is 5.07. The van der Waals surface area contributed by atoms with Crippen molar-refractivity contribution in [3.05, 3.63) is 34.6 Å². The maximum Gasteiger partial charge on any atom is 0.200 e. The summed E-state index contributed by atoms with van der Waals surface area (Å²) in [5, 5.41) is 2.58. The summed E-state index contributed by atoms with van der Waals surface area (Å²) < 4.78 is 66.3. The molecule has 1 aromatic carbocycles. The monoisotopic (exact) mass is 267 g/mol. The summed E-state index contributed by atoms with van der Waals surface area (Å²) >= 11 is 0. The van der Waals surface area contributed by atoms with Crippen LogP contribution in [-0.2, 0) is 0 Å². The van der Waals surface area contributed by atoms with E-state index in [9.17, 15) is 22.0 Å². The second kappa shape index (κ2) is 4.84. The van der Waals surface area contributed by atoms with Crippen molar-refractivity contribution < 1.29 is 22.0 Å². The molecule has 1 aromatic rings. The van der Waals surface area contributed by atoms with Crippen LogP contribution in [0, 0.1) is 34.5 Å². The Morgan fingerprint density at radius 2 is 1.11 bits per heavy atom. The standard InChI is InChI=1S/C12H14F5N/c1-12(2,3)11(18-4)5-6(13)8(15)10(17)9(16)7(5)14/h11,18H,1-4H3. The summed E-state index contributed by atoms with van der Waals surface area (Å²) in [6.07, 6.45) is 0. The van der Waals surface area contributed by atoms with Crippen LogP contribution in [0.15, 0.2) is 0 Å². The lowest BCUT2D eigenvalue weighted by Gasteiger charge is -2.31. The minimum atomic E-state index is -2.14. The smallest absolute Gasteiger partial charge is 0.200 e. The lowest BCUT2D eigenvalue weighted by molar-refractivity contribution is 0.261. The van der Waals surface area contributed by atoms with E-state index in [1.54, 1.807) is 20.8 Å². The van der Waals surface area contributed by atoms with E-state index < -0.39 is 46.1 Å². The maximum atomic E-state index is 13.6. The van der Waals surface area contributed by atoms with E-state index in [1.807, 2.05) is 0 Å². The van der Waals surface area contributed by atoms with Crippen molar-refractivity contribution in [2.45, 2.75) is 26.8 Å². The van der Waals surface area contributed by atoms with Crippen molar-refractivity contribution in [2.24, 2.45) is 5.41 Å². The number of hydrogen-bond acceptors (Lipinski definition) is 1. The molecule has 0 spiro atoms. The predicted octanol–water partition coefficient (Wildman–Crippen LogP) is 3.69. The molecule has 0 amide bonds. The lowest BCUT2D eigenvalue weighted by Crippen LogP contribution is -2.32. The van der Waals surface area contributed by atoms with E-state index in [1.165, 1.54) is 7.05 Å². The van der Waals surface area contributed by atoms with Crippen molar-refractivity contribution >= 4 is 0 Å². The van der Waals surface area contributed by atoms with Crippen molar-refractivity contribution in [3.63, 3.8) is 0 Å². The molecule has 1 nitrogen and oxygen atoms in total. The fraction of sp³-hybridized carbons (Fsp3) is 0.500. The molecule has 0 bridgehead atoms. The SMILES string of the molecule is CNC(c1c(F)c(F)c(F)c(F)c1F)C(C)(C)C. The average molecular weight is 267 g/mol. The average Bonchev–Trinajstić information content (AvgIpc) is 2.27. The summed E-state index contributed by atoms with van der Waals surface area (Å²) in [6, 6.07) is -0.998. The molecule has 0 heterocycles. The van der Waals surface area contributed by atoms with Crippen LogP contribution in [0.2, 0.25) is 0 Å². The molecular formula is C12H14F5N. The van der Waals surface area contributed by atoms with E-state index in [-0.39, 0.29) is 0 Å². The number of rotatable bonds is 2. The molecule has 0 aromatic heterocycles. The third-order valence-electron chi connectivity index (χ3n) is 2.69. The van der Waals surface area contributed by atoms with Crippen molar-refractivity contribution in [3.8, 4) is 0 Å². The maximum absolute atomic E-state index is 13.6. The minimum absolute atomic E-state index is 0.715. The Kier molecular flexibility index (Phi) is 4.00. The summed E-state index contributed by atoms with van der Waals surface area (Å²) in [5.74, 6) is -9.57. The third-order valence-corrected chi connectivity index (χ3v) is 2.69. The van der Waals surface area contributed by atoms with Crippen LogP contribution in [0.25, 0.3) is 0 Å². The van der Waals surface area contributed by atoms with Gasteiger partial charge >= 0.3 is 0 Å². The van der Waals surface area contributed by atoms with E-state index in [0.29, 0.717) is 0 Å². The summed E-state index contributed by atoms with van der Waals surface area (Å²) in [7, 11) is 1.40. The molecule has 1 unspecified atom stereocenters. The molecule has 6 heteroatoms. The first kappa shape index (κ1) is 14.9. The van der Waals surface area contributed by atoms with Gasteiger partial charge in [0.25, 0.3) is 0 Å². The molecule has 18 heavy (non-hydrogen) atoms. The Labute approximate surface area is 102 Å². The highest BCUT2D eigenvalue weighted by atomic mass is 19.2. The van der Waals surface area contributed by atoms with Gasteiger partial charge in [0.2, 0.25) is 5.82 Å². The van der Waals surface area contributed by atoms with Crippen LogP contribution in [-0.4, -0.2) is 7.05 Å². The van der Waals surface area contributed by atoms with Gasteiger partial charge in [0.1, 0.15) is 0 Å². The quantitative estimate of drug-likeness (QED) is 0.489. The number of hydrogen-bond donors (Lipinski definition) is 1. The van der Waals surface area contributed by atoms with Crippen molar-refractivity contribution in [1.82, 2.24) is 5.32 Å². The first-order valence-corrected chi connectivity index (χ1v) is 5.31. The van der Waals surface area contributed by atoms with Gasteiger partial charge in [0.15, 0.2) is 23.3 Å². The fourth-order valence-corrected chi connectivity index (χ4v) is 1.89. The molecular weight excluding hydrogens is 253 g/mol. The van der Waals surface area contributed by atoms with E-state index >= 15 is 0 Å². The third kappa shape index (κ3) is 2.34. The normalized spacial score (nSPS) is 13.8. The Bertz CT molecular complexity index is 436. The van der Waals surface area contributed by atoms with Gasteiger partial charge in [0.05, 0.1) is 0 Å². The molecule has 1 rings (SSSR count).